The number of amides is 1. The highest BCUT2D eigenvalue weighted by atomic mass is 16.5. The maximum atomic E-state index is 13.2. The average Bonchev–Trinajstić information content (AvgIpc) is 3.39. The van der Waals surface area contributed by atoms with Gasteiger partial charge in [-0.1, -0.05) is 12.1 Å². The summed E-state index contributed by atoms with van der Waals surface area (Å²) in [4.78, 5) is 27.8. The van der Waals surface area contributed by atoms with Crippen LogP contribution in [0.2, 0.25) is 0 Å². The van der Waals surface area contributed by atoms with Crippen molar-refractivity contribution >= 4 is 23.1 Å². The number of carbonyl (C=O) groups excluding carboxylic acids is 2. The summed E-state index contributed by atoms with van der Waals surface area (Å²) < 4.78 is 16.4. The lowest BCUT2D eigenvalue weighted by Crippen LogP contribution is -2.29. The Balaban J connectivity index is 2.00. The van der Waals surface area contributed by atoms with E-state index >= 15 is 0 Å². The van der Waals surface area contributed by atoms with Crippen LogP contribution in [0.15, 0.2) is 64.8 Å². The molecule has 1 saturated heterocycles. The van der Waals surface area contributed by atoms with E-state index in [9.17, 15) is 14.7 Å². The lowest BCUT2D eigenvalue weighted by molar-refractivity contribution is -0.132. The van der Waals surface area contributed by atoms with Gasteiger partial charge >= 0.3 is 0 Å². The zero-order valence-electron chi connectivity index (χ0n) is 18.2. The first kappa shape index (κ1) is 21.2. The molecule has 4 rings (SSSR count). The molecule has 1 aliphatic rings. The monoisotopic (exact) mass is 433 g/mol. The minimum Gasteiger partial charge on any atom is -0.506 e. The molecule has 1 unspecified atom stereocenters. The molecule has 0 aliphatic carbocycles. The molecular weight excluding hydrogens is 410 g/mol. The second kappa shape index (κ2) is 8.26. The second-order valence-electron chi connectivity index (χ2n) is 7.57. The number of aliphatic hydroxyl groups is 1. The standard InChI is InChI=1S/C25H23NO6/c1-14-11-15(2)13-16(12-14)26-22(19-9-6-10-32-19)21(24(28)25(26)29)23(27)20-17(30-3)7-5-8-18(20)31-4/h5-13,22,27H,1-4H3/b23-21+. The fourth-order valence-electron chi connectivity index (χ4n) is 4.12. The number of Topliss-reactive ketones (excluding diaryl/α,β-unsaturated/α-hetero) is 1. The molecule has 1 atom stereocenters. The summed E-state index contributed by atoms with van der Waals surface area (Å²) in [6.07, 6.45) is 1.46. The molecule has 164 valence electrons. The van der Waals surface area contributed by atoms with Crippen molar-refractivity contribution in [2.75, 3.05) is 19.1 Å². The van der Waals surface area contributed by atoms with Crippen LogP contribution in [0.4, 0.5) is 5.69 Å². The fourth-order valence-corrected chi connectivity index (χ4v) is 4.12. The van der Waals surface area contributed by atoms with Crippen molar-refractivity contribution in [3.05, 3.63) is 82.8 Å². The Kier molecular flexibility index (Phi) is 5.48. The first-order valence-corrected chi connectivity index (χ1v) is 10.0. The lowest BCUT2D eigenvalue weighted by Gasteiger charge is -2.24. The van der Waals surface area contributed by atoms with E-state index in [2.05, 4.69) is 0 Å². The van der Waals surface area contributed by atoms with Crippen molar-refractivity contribution in [1.29, 1.82) is 0 Å². The largest absolute Gasteiger partial charge is 0.506 e. The van der Waals surface area contributed by atoms with Crippen LogP contribution in [0.3, 0.4) is 0 Å². The van der Waals surface area contributed by atoms with Gasteiger partial charge in [-0.15, -0.1) is 0 Å². The zero-order valence-corrected chi connectivity index (χ0v) is 18.2. The Morgan fingerprint density at radius 1 is 0.969 bits per heavy atom. The molecule has 0 saturated carbocycles. The van der Waals surface area contributed by atoms with Gasteiger partial charge in [0.2, 0.25) is 0 Å². The third-order valence-electron chi connectivity index (χ3n) is 5.41. The number of rotatable bonds is 5. The third kappa shape index (κ3) is 3.41. The number of methoxy groups -OCH3 is 2. The predicted octanol–water partition coefficient (Wildman–Crippen LogP) is 4.54. The van der Waals surface area contributed by atoms with Gasteiger partial charge in [-0.2, -0.15) is 0 Å². The Hall–Kier alpha value is -4.00. The molecule has 1 N–H and O–H groups in total. The van der Waals surface area contributed by atoms with Crippen LogP contribution in [0.5, 0.6) is 11.5 Å². The van der Waals surface area contributed by atoms with E-state index < -0.39 is 23.5 Å². The molecule has 0 bridgehead atoms. The van der Waals surface area contributed by atoms with E-state index in [1.54, 1.807) is 30.3 Å². The van der Waals surface area contributed by atoms with E-state index in [1.807, 2.05) is 32.0 Å². The molecule has 2 aromatic carbocycles. The predicted molar refractivity (Wildman–Crippen MR) is 119 cm³/mol. The first-order chi connectivity index (χ1) is 15.4. The Bertz CT molecular complexity index is 1180. The molecule has 1 aromatic heterocycles. The molecule has 7 nitrogen and oxygen atoms in total. The number of hydrogen-bond acceptors (Lipinski definition) is 6. The van der Waals surface area contributed by atoms with Crippen LogP contribution in [-0.4, -0.2) is 31.0 Å². The number of nitrogens with zero attached hydrogens (tertiary/aromatic N) is 1. The van der Waals surface area contributed by atoms with Gasteiger partial charge in [-0.05, 0) is 61.4 Å². The number of hydrogen-bond donors (Lipinski definition) is 1. The van der Waals surface area contributed by atoms with E-state index in [-0.39, 0.29) is 11.1 Å². The zero-order chi connectivity index (χ0) is 23.0. The number of furan rings is 1. The van der Waals surface area contributed by atoms with Crippen LogP contribution >= 0.6 is 0 Å². The van der Waals surface area contributed by atoms with Crippen LogP contribution in [0.1, 0.15) is 28.5 Å². The van der Waals surface area contributed by atoms with Crippen molar-refractivity contribution in [3.63, 3.8) is 0 Å². The molecule has 32 heavy (non-hydrogen) atoms. The molecule has 1 amide bonds. The number of ketones is 1. The van der Waals surface area contributed by atoms with Gasteiger partial charge in [0.05, 0.1) is 26.1 Å². The summed E-state index contributed by atoms with van der Waals surface area (Å²) >= 11 is 0. The third-order valence-corrected chi connectivity index (χ3v) is 5.41. The van der Waals surface area contributed by atoms with Crippen molar-refractivity contribution in [3.8, 4) is 11.5 Å². The van der Waals surface area contributed by atoms with Crippen LogP contribution in [-0.2, 0) is 9.59 Å². The minimum atomic E-state index is -0.958. The maximum absolute atomic E-state index is 13.2. The van der Waals surface area contributed by atoms with Gasteiger partial charge < -0.3 is 19.0 Å². The molecule has 2 heterocycles. The van der Waals surface area contributed by atoms with Gasteiger partial charge in [0.15, 0.2) is 0 Å². The topological polar surface area (TPSA) is 89.2 Å². The molecule has 1 fully saturated rings. The highest BCUT2D eigenvalue weighted by Crippen LogP contribution is 2.45. The summed E-state index contributed by atoms with van der Waals surface area (Å²) in [5, 5.41) is 11.4. The number of aliphatic hydroxyl groups excluding tert-OH is 1. The molecule has 7 heteroatoms. The Labute approximate surface area is 185 Å². The summed E-state index contributed by atoms with van der Waals surface area (Å²) in [7, 11) is 2.90. The summed E-state index contributed by atoms with van der Waals surface area (Å²) in [5.74, 6) is -1.03. The number of anilines is 1. The van der Waals surface area contributed by atoms with Gasteiger partial charge in [0.25, 0.3) is 11.7 Å². The number of carbonyl (C=O) groups is 2. The van der Waals surface area contributed by atoms with Crippen molar-refractivity contribution in [2.24, 2.45) is 0 Å². The second-order valence-corrected chi connectivity index (χ2v) is 7.57. The number of aryl methyl sites for hydroxylation is 2. The maximum Gasteiger partial charge on any atom is 0.300 e. The highest BCUT2D eigenvalue weighted by Gasteiger charge is 2.49. The molecule has 0 spiro atoms. The Morgan fingerprint density at radius 3 is 2.12 bits per heavy atom. The van der Waals surface area contributed by atoms with Crippen molar-refractivity contribution < 1.29 is 28.6 Å². The fraction of sp³-hybridized carbons (Fsp3) is 0.200. The van der Waals surface area contributed by atoms with Gasteiger partial charge in [-0.25, -0.2) is 0 Å². The molecule has 0 radical (unpaired) electrons. The van der Waals surface area contributed by atoms with E-state index in [0.717, 1.165) is 11.1 Å². The summed E-state index contributed by atoms with van der Waals surface area (Å²) in [6.45, 7) is 3.82. The van der Waals surface area contributed by atoms with E-state index in [4.69, 9.17) is 13.9 Å². The molecule has 1 aliphatic heterocycles. The molecular formula is C25H23NO6. The highest BCUT2D eigenvalue weighted by molar-refractivity contribution is 6.51. The first-order valence-electron chi connectivity index (χ1n) is 10.0. The van der Waals surface area contributed by atoms with Crippen LogP contribution in [0.25, 0.3) is 5.76 Å². The van der Waals surface area contributed by atoms with Crippen LogP contribution < -0.4 is 14.4 Å². The smallest absolute Gasteiger partial charge is 0.300 e. The minimum absolute atomic E-state index is 0.105. The number of benzene rings is 2. The normalized spacial score (nSPS) is 17.6. The van der Waals surface area contributed by atoms with Crippen molar-refractivity contribution in [1.82, 2.24) is 0 Å². The molecule has 3 aromatic rings. The Morgan fingerprint density at radius 2 is 1.59 bits per heavy atom. The summed E-state index contributed by atoms with van der Waals surface area (Å²) in [6, 6.07) is 13.0. The van der Waals surface area contributed by atoms with Gasteiger partial charge in [0.1, 0.15) is 34.6 Å². The van der Waals surface area contributed by atoms with E-state index in [1.165, 1.54) is 25.4 Å². The van der Waals surface area contributed by atoms with Gasteiger partial charge in [-0.3, -0.25) is 14.5 Å². The van der Waals surface area contributed by atoms with Crippen LogP contribution in [0, 0.1) is 13.8 Å². The van der Waals surface area contributed by atoms with E-state index in [0.29, 0.717) is 22.9 Å². The van der Waals surface area contributed by atoms with Crippen molar-refractivity contribution in [2.45, 2.75) is 19.9 Å². The quantitative estimate of drug-likeness (QED) is 0.361. The SMILES string of the molecule is COc1cccc(OC)c1/C(O)=C1\C(=O)C(=O)N(c2cc(C)cc(C)c2)C1c1ccco1. The number of ether oxygens (including phenoxy) is 2. The van der Waals surface area contributed by atoms with Gasteiger partial charge in [0, 0.05) is 5.69 Å². The lowest BCUT2D eigenvalue weighted by atomic mass is 9.98. The summed E-state index contributed by atoms with van der Waals surface area (Å²) in [5.41, 5.74) is 2.49. The average molecular weight is 433 g/mol.